The second-order valence-electron chi connectivity index (χ2n) is 3.66. The Morgan fingerprint density at radius 1 is 1.38 bits per heavy atom. The standard InChI is InChI=1S/C11H15NS/c1-12-5-2-10(3-6-12)8-11-4-7-13-9-11/h4,7-9H,2-3,5-6H2,1H3. The lowest BCUT2D eigenvalue weighted by Gasteiger charge is -2.23. The highest BCUT2D eigenvalue weighted by Crippen LogP contribution is 2.19. The van der Waals surface area contributed by atoms with Crippen LogP contribution in [0.4, 0.5) is 0 Å². The molecule has 0 spiro atoms. The Labute approximate surface area is 83.7 Å². The molecular formula is C11H15NS. The van der Waals surface area contributed by atoms with E-state index in [2.05, 4.69) is 34.9 Å². The van der Waals surface area contributed by atoms with Crippen LogP contribution in [0, 0.1) is 0 Å². The van der Waals surface area contributed by atoms with Gasteiger partial charge in [-0.1, -0.05) is 11.6 Å². The molecule has 0 saturated carbocycles. The fourth-order valence-electron chi connectivity index (χ4n) is 1.64. The van der Waals surface area contributed by atoms with Crippen molar-refractivity contribution in [1.82, 2.24) is 4.90 Å². The van der Waals surface area contributed by atoms with Crippen LogP contribution in [0.3, 0.4) is 0 Å². The first kappa shape index (κ1) is 8.97. The minimum absolute atomic E-state index is 1.22. The molecule has 2 heterocycles. The molecule has 0 radical (unpaired) electrons. The van der Waals surface area contributed by atoms with Crippen LogP contribution in [0.15, 0.2) is 22.4 Å². The summed E-state index contributed by atoms with van der Waals surface area (Å²) in [6, 6.07) is 2.19. The van der Waals surface area contributed by atoms with Crippen molar-refractivity contribution in [3.63, 3.8) is 0 Å². The maximum Gasteiger partial charge on any atom is 0.00158 e. The molecule has 1 aromatic heterocycles. The highest BCUT2D eigenvalue weighted by Gasteiger charge is 2.09. The third-order valence-corrected chi connectivity index (χ3v) is 3.24. The molecule has 0 amide bonds. The van der Waals surface area contributed by atoms with Crippen LogP contribution < -0.4 is 0 Å². The van der Waals surface area contributed by atoms with Crippen LogP contribution in [0.25, 0.3) is 6.08 Å². The molecule has 1 nitrogen and oxygen atoms in total. The summed E-state index contributed by atoms with van der Waals surface area (Å²) < 4.78 is 0. The molecule has 1 fully saturated rings. The smallest absolute Gasteiger partial charge is 0.00158 e. The van der Waals surface area contributed by atoms with Gasteiger partial charge in [0.25, 0.3) is 0 Å². The first-order chi connectivity index (χ1) is 6.34. The van der Waals surface area contributed by atoms with Crippen molar-refractivity contribution >= 4 is 17.4 Å². The van der Waals surface area contributed by atoms with Gasteiger partial charge in [0, 0.05) is 13.1 Å². The quantitative estimate of drug-likeness (QED) is 0.663. The summed E-state index contributed by atoms with van der Waals surface area (Å²) in [5.74, 6) is 0. The van der Waals surface area contributed by atoms with E-state index in [-0.39, 0.29) is 0 Å². The normalized spacial score (nSPS) is 19.0. The van der Waals surface area contributed by atoms with E-state index in [0.717, 1.165) is 0 Å². The molecule has 1 aliphatic heterocycles. The summed E-state index contributed by atoms with van der Waals surface area (Å²) >= 11 is 1.77. The van der Waals surface area contributed by atoms with E-state index >= 15 is 0 Å². The van der Waals surface area contributed by atoms with Gasteiger partial charge >= 0.3 is 0 Å². The molecule has 70 valence electrons. The van der Waals surface area contributed by atoms with Gasteiger partial charge in [-0.3, -0.25) is 0 Å². The number of rotatable bonds is 1. The fourth-order valence-corrected chi connectivity index (χ4v) is 2.26. The number of piperidine rings is 1. The zero-order valence-corrected chi connectivity index (χ0v) is 8.81. The number of hydrogen-bond donors (Lipinski definition) is 0. The molecule has 0 N–H and O–H groups in total. The molecule has 13 heavy (non-hydrogen) atoms. The molecule has 0 aliphatic carbocycles. The summed E-state index contributed by atoms with van der Waals surface area (Å²) in [7, 11) is 2.20. The Kier molecular flexibility index (Phi) is 2.81. The third-order valence-electron chi connectivity index (χ3n) is 2.54. The predicted molar refractivity (Wildman–Crippen MR) is 59.0 cm³/mol. The third kappa shape index (κ3) is 2.42. The van der Waals surface area contributed by atoms with Crippen LogP contribution in [-0.2, 0) is 0 Å². The van der Waals surface area contributed by atoms with Gasteiger partial charge in [0.05, 0.1) is 0 Å². The molecule has 0 bridgehead atoms. The first-order valence-corrected chi connectivity index (χ1v) is 5.69. The lowest BCUT2D eigenvalue weighted by Crippen LogP contribution is -2.26. The molecule has 0 atom stereocenters. The molecule has 1 aromatic rings. The molecule has 0 unspecified atom stereocenters. The maximum absolute atomic E-state index is 2.39. The van der Waals surface area contributed by atoms with E-state index in [1.165, 1.54) is 31.5 Å². The zero-order chi connectivity index (χ0) is 9.10. The number of nitrogens with zero attached hydrogens (tertiary/aromatic N) is 1. The van der Waals surface area contributed by atoms with Crippen molar-refractivity contribution in [2.24, 2.45) is 0 Å². The summed E-state index contributed by atoms with van der Waals surface area (Å²) in [6.45, 7) is 2.44. The average molecular weight is 193 g/mol. The second kappa shape index (κ2) is 4.07. The van der Waals surface area contributed by atoms with Crippen molar-refractivity contribution in [2.75, 3.05) is 20.1 Å². The molecule has 2 heteroatoms. The largest absolute Gasteiger partial charge is 0.306 e. The van der Waals surface area contributed by atoms with E-state index in [1.807, 2.05) is 0 Å². The second-order valence-corrected chi connectivity index (χ2v) is 4.44. The van der Waals surface area contributed by atoms with Crippen molar-refractivity contribution in [2.45, 2.75) is 12.8 Å². The zero-order valence-electron chi connectivity index (χ0n) is 7.99. The van der Waals surface area contributed by atoms with E-state index in [0.29, 0.717) is 0 Å². The molecule has 1 aliphatic rings. The lowest BCUT2D eigenvalue weighted by molar-refractivity contribution is 0.313. The lowest BCUT2D eigenvalue weighted by atomic mass is 10.0. The number of thiophene rings is 1. The maximum atomic E-state index is 2.39. The van der Waals surface area contributed by atoms with Crippen LogP contribution in [-0.4, -0.2) is 25.0 Å². The van der Waals surface area contributed by atoms with Gasteiger partial charge in [-0.05, 0) is 42.3 Å². The summed E-state index contributed by atoms with van der Waals surface area (Å²) in [6.07, 6.45) is 4.84. The van der Waals surface area contributed by atoms with Gasteiger partial charge in [-0.15, -0.1) is 0 Å². The minimum atomic E-state index is 1.22. The monoisotopic (exact) mass is 193 g/mol. The highest BCUT2D eigenvalue weighted by molar-refractivity contribution is 7.08. The summed E-state index contributed by atoms with van der Waals surface area (Å²) in [5, 5.41) is 4.35. The topological polar surface area (TPSA) is 3.24 Å². The van der Waals surface area contributed by atoms with Gasteiger partial charge in [-0.2, -0.15) is 11.3 Å². The van der Waals surface area contributed by atoms with Gasteiger partial charge in [-0.25, -0.2) is 0 Å². The van der Waals surface area contributed by atoms with E-state index in [4.69, 9.17) is 0 Å². The van der Waals surface area contributed by atoms with Crippen molar-refractivity contribution in [3.8, 4) is 0 Å². The Morgan fingerprint density at radius 3 is 2.77 bits per heavy atom. The van der Waals surface area contributed by atoms with Gasteiger partial charge in [0.2, 0.25) is 0 Å². The average Bonchev–Trinajstić information content (AvgIpc) is 2.62. The van der Waals surface area contributed by atoms with Crippen LogP contribution in [0.5, 0.6) is 0 Å². The molecular weight excluding hydrogens is 178 g/mol. The first-order valence-electron chi connectivity index (χ1n) is 4.75. The molecule has 0 aromatic carbocycles. The number of likely N-dealkylation sites (tertiary alicyclic amines) is 1. The summed E-state index contributed by atoms with van der Waals surface area (Å²) in [4.78, 5) is 2.39. The fraction of sp³-hybridized carbons (Fsp3) is 0.455. The van der Waals surface area contributed by atoms with Gasteiger partial charge < -0.3 is 4.90 Å². The van der Waals surface area contributed by atoms with E-state index in [9.17, 15) is 0 Å². The Morgan fingerprint density at radius 2 is 2.15 bits per heavy atom. The Balaban J connectivity index is 2.02. The minimum Gasteiger partial charge on any atom is -0.306 e. The van der Waals surface area contributed by atoms with Crippen molar-refractivity contribution in [1.29, 1.82) is 0 Å². The van der Waals surface area contributed by atoms with Crippen LogP contribution in [0.2, 0.25) is 0 Å². The molecule has 2 rings (SSSR count). The summed E-state index contributed by atoms with van der Waals surface area (Å²) in [5.41, 5.74) is 2.99. The van der Waals surface area contributed by atoms with Crippen molar-refractivity contribution < 1.29 is 0 Å². The predicted octanol–water partition coefficient (Wildman–Crippen LogP) is 2.86. The Hall–Kier alpha value is -0.600. The van der Waals surface area contributed by atoms with Gasteiger partial charge in [0.1, 0.15) is 0 Å². The Bertz CT molecular complexity index is 277. The molecule has 1 saturated heterocycles. The van der Waals surface area contributed by atoms with Crippen molar-refractivity contribution in [3.05, 3.63) is 28.0 Å². The van der Waals surface area contributed by atoms with Gasteiger partial charge in [0.15, 0.2) is 0 Å². The number of hydrogen-bond acceptors (Lipinski definition) is 2. The van der Waals surface area contributed by atoms with Crippen LogP contribution in [0.1, 0.15) is 18.4 Å². The SMILES string of the molecule is CN1CCC(=Cc2ccsc2)CC1. The van der Waals surface area contributed by atoms with E-state index < -0.39 is 0 Å². The van der Waals surface area contributed by atoms with E-state index in [1.54, 1.807) is 16.9 Å². The highest BCUT2D eigenvalue weighted by atomic mass is 32.1. The van der Waals surface area contributed by atoms with Crippen LogP contribution >= 0.6 is 11.3 Å².